The van der Waals surface area contributed by atoms with E-state index >= 15 is 0 Å². The van der Waals surface area contributed by atoms with Crippen molar-refractivity contribution in [1.82, 2.24) is 0 Å². The first-order valence-corrected chi connectivity index (χ1v) is 7.64. The lowest BCUT2D eigenvalue weighted by Gasteiger charge is -2.19. The number of halogens is 1. The van der Waals surface area contributed by atoms with E-state index < -0.39 is 0 Å². The summed E-state index contributed by atoms with van der Waals surface area (Å²) in [6.07, 6.45) is 2.12. The summed E-state index contributed by atoms with van der Waals surface area (Å²) < 4.78 is 0. The summed E-state index contributed by atoms with van der Waals surface area (Å²) in [5.41, 5.74) is 8.41. The van der Waals surface area contributed by atoms with Gasteiger partial charge in [-0.25, -0.2) is 0 Å². The molecular formula is C14H20ClNS. The third-order valence-electron chi connectivity index (χ3n) is 3.09. The molecule has 0 spiro atoms. The van der Waals surface area contributed by atoms with Gasteiger partial charge in [0.1, 0.15) is 0 Å². The Balaban J connectivity index is 2.16. The summed E-state index contributed by atoms with van der Waals surface area (Å²) in [5.74, 6) is 3.12. The fraction of sp³-hybridized carbons (Fsp3) is 0.571. The molecule has 94 valence electrons. The van der Waals surface area contributed by atoms with E-state index in [1.807, 2.05) is 25.6 Å². The van der Waals surface area contributed by atoms with Crippen molar-refractivity contribution >= 4 is 23.4 Å². The van der Waals surface area contributed by atoms with Crippen LogP contribution in [0.4, 0.5) is 0 Å². The Morgan fingerprint density at radius 3 is 2.76 bits per heavy atom. The molecule has 1 aliphatic heterocycles. The minimum Gasteiger partial charge on any atom is -0.325 e. The zero-order chi connectivity index (χ0) is 12.5. The summed E-state index contributed by atoms with van der Waals surface area (Å²) in [7, 11) is 0. The molecular weight excluding hydrogens is 250 g/mol. The fourth-order valence-corrected chi connectivity index (χ4v) is 3.92. The van der Waals surface area contributed by atoms with Crippen molar-refractivity contribution < 1.29 is 0 Å². The van der Waals surface area contributed by atoms with Crippen LogP contribution in [0.15, 0.2) is 18.2 Å². The molecule has 0 saturated carbocycles. The normalized spacial score (nSPS) is 20.8. The Labute approximate surface area is 113 Å². The summed E-state index contributed by atoms with van der Waals surface area (Å²) in [6.45, 7) is 4.09. The molecule has 0 aromatic heterocycles. The quantitative estimate of drug-likeness (QED) is 0.902. The minimum atomic E-state index is -0.173. The molecule has 1 unspecified atom stereocenters. The molecule has 1 aromatic carbocycles. The van der Waals surface area contributed by atoms with Crippen molar-refractivity contribution in [3.8, 4) is 0 Å². The second-order valence-electron chi connectivity index (χ2n) is 5.58. The van der Waals surface area contributed by atoms with E-state index in [-0.39, 0.29) is 5.54 Å². The van der Waals surface area contributed by atoms with Crippen molar-refractivity contribution in [2.75, 3.05) is 11.5 Å². The van der Waals surface area contributed by atoms with Crippen molar-refractivity contribution in [2.45, 2.75) is 38.1 Å². The number of hydrogen-bond acceptors (Lipinski definition) is 2. The highest BCUT2D eigenvalue weighted by molar-refractivity contribution is 7.99. The molecule has 0 bridgehead atoms. The van der Waals surface area contributed by atoms with E-state index in [2.05, 4.69) is 18.2 Å². The van der Waals surface area contributed by atoms with Crippen LogP contribution in [0.25, 0.3) is 0 Å². The molecule has 1 fully saturated rings. The minimum absolute atomic E-state index is 0.173. The molecule has 1 aliphatic rings. The van der Waals surface area contributed by atoms with Gasteiger partial charge in [0.15, 0.2) is 0 Å². The van der Waals surface area contributed by atoms with E-state index in [0.29, 0.717) is 5.92 Å². The zero-order valence-corrected chi connectivity index (χ0v) is 12.1. The molecule has 0 aliphatic carbocycles. The first kappa shape index (κ1) is 13.3. The van der Waals surface area contributed by atoms with Gasteiger partial charge >= 0.3 is 0 Å². The summed E-state index contributed by atoms with van der Waals surface area (Å²) in [4.78, 5) is 0. The highest BCUT2D eigenvalue weighted by atomic mass is 35.5. The van der Waals surface area contributed by atoms with Crippen molar-refractivity contribution in [3.05, 3.63) is 34.3 Å². The van der Waals surface area contributed by atoms with Gasteiger partial charge in [0.2, 0.25) is 0 Å². The molecule has 0 radical (unpaired) electrons. The lowest BCUT2D eigenvalue weighted by Crippen LogP contribution is -2.34. The van der Waals surface area contributed by atoms with Crippen molar-refractivity contribution in [2.24, 2.45) is 5.73 Å². The highest BCUT2D eigenvalue weighted by Gasteiger charge is 2.20. The van der Waals surface area contributed by atoms with E-state index in [0.717, 1.165) is 11.4 Å². The Morgan fingerprint density at radius 1 is 1.47 bits per heavy atom. The van der Waals surface area contributed by atoms with Crippen LogP contribution in [0.2, 0.25) is 5.02 Å². The third-order valence-corrected chi connectivity index (χ3v) is 4.58. The monoisotopic (exact) mass is 269 g/mol. The molecule has 1 nitrogen and oxygen atoms in total. The van der Waals surface area contributed by atoms with E-state index in [4.69, 9.17) is 17.3 Å². The summed E-state index contributed by atoms with van der Waals surface area (Å²) >= 11 is 8.41. The molecule has 2 rings (SSSR count). The SMILES string of the molecule is CC(C)(N)Cc1ccc(C2CCSC2)c(Cl)c1. The van der Waals surface area contributed by atoms with Gasteiger partial charge in [-0.2, -0.15) is 11.8 Å². The predicted octanol–water partition coefficient (Wildman–Crippen LogP) is 3.84. The Kier molecular flexibility index (Phi) is 4.06. The molecule has 1 saturated heterocycles. The first-order chi connectivity index (χ1) is 7.96. The topological polar surface area (TPSA) is 26.0 Å². The number of hydrogen-bond donors (Lipinski definition) is 1. The van der Waals surface area contributed by atoms with Crippen LogP contribution in [0, 0.1) is 0 Å². The molecule has 3 heteroatoms. The maximum Gasteiger partial charge on any atom is 0.0443 e. The average Bonchev–Trinajstić information content (AvgIpc) is 2.68. The Morgan fingerprint density at radius 2 is 2.24 bits per heavy atom. The number of nitrogens with two attached hydrogens (primary N) is 1. The van der Waals surface area contributed by atoms with Crippen molar-refractivity contribution in [3.63, 3.8) is 0 Å². The van der Waals surface area contributed by atoms with Crippen LogP contribution < -0.4 is 5.73 Å². The Bertz CT molecular complexity index is 392. The number of benzene rings is 1. The number of rotatable bonds is 3. The van der Waals surface area contributed by atoms with Crippen LogP contribution in [0.5, 0.6) is 0 Å². The summed E-state index contributed by atoms with van der Waals surface area (Å²) in [5, 5.41) is 0.916. The van der Waals surface area contributed by atoms with E-state index in [1.165, 1.54) is 29.1 Å². The largest absolute Gasteiger partial charge is 0.325 e. The second kappa shape index (κ2) is 5.21. The predicted molar refractivity (Wildman–Crippen MR) is 78.1 cm³/mol. The maximum atomic E-state index is 6.39. The van der Waals surface area contributed by atoms with Crippen LogP contribution in [-0.4, -0.2) is 17.0 Å². The van der Waals surface area contributed by atoms with Gasteiger partial charge < -0.3 is 5.73 Å². The van der Waals surface area contributed by atoms with E-state index in [1.54, 1.807) is 0 Å². The van der Waals surface area contributed by atoms with Crippen LogP contribution in [0.1, 0.15) is 37.3 Å². The van der Waals surface area contributed by atoms with Crippen LogP contribution in [-0.2, 0) is 6.42 Å². The Hall–Kier alpha value is -0.180. The van der Waals surface area contributed by atoms with Gasteiger partial charge in [-0.1, -0.05) is 23.7 Å². The molecule has 0 amide bonds. The first-order valence-electron chi connectivity index (χ1n) is 6.11. The lowest BCUT2D eigenvalue weighted by molar-refractivity contribution is 0.516. The van der Waals surface area contributed by atoms with Gasteiger partial charge in [0.05, 0.1) is 0 Å². The molecule has 2 N–H and O–H groups in total. The fourth-order valence-electron chi connectivity index (χ4n) is 2.32. The van der Waals surface area contributed by atoms with Crippen LogP contribution in [0.3, 0.4) is 0 Å². The standard InChI is InChI=1S/C14H20ClNS/c1-14(2,16)8-10-3-4-12(13(15)7-10)11-5-6-17-9-11/h3-4,7,11H,5-6,8-9,16H2,1-2H3. The van der Waals surface area contributed by atoms with Crippen molar-refractivity contribution in [1.29, 1.82) is 0 Å². The maximum absolute atomic E-state index is 6.39. The summed E-state index contributed by atoms with van der Waals surface area (Å²) in [6, 6.07) is 6.47. The lowest BCUT2D eigenvalue weighted by atomic mass is 9.92. The highest BCUT2D eigenvalue weighted by Crippen LogP contribution is 2.36. The third kappa shape index (κ3) is 3.64. The number of thioether (sulfide) groups is 1. The molecule has 1 heterocycles. The molecule has 1 aromatic rings. The van der Waals surface area contributed by atoms with Gasteiger partial charge in [0, 0.05) is 16.3 Å². The smallest absolute Gasteiger partial charge is 0.0443 e. The van der Waals surface area contributed by atoms with Gasteiger partial charge in [-0.15, -0.1) is 0 Å². The second-order valence-corrected chi connectivity index (χ2v) is 7.14. The van der Waals surface area contributed by atoms with Gasteiger partial charge in [-0.05, 0) is 55.6 Å². The zero-order valence-electron chi connectivity index (χ0n) is 10.5. The van der Waals surface area contributed by atoms with E-state index in [9.17, 15) is 0 Å². The molecule has 17 heavy (non-hydrogen) atoms. The van der Waals surface area contributed by atoms with Gasteiger partial charge in [-0.3, -0.25) is 0 Å². The van der Waals surface area contributed by atoms with Crippen LogP contribution >= 0.6 is 23.4 Å². The van der Waals surface area contributed by atoms with Gasteiger partial charge in [0.25, 0.3) is 0 Å². The average molecular weight is 270 g/mol. The molecule has 1 atom stereocenters.